The summed E-state index contributed by atoms with van der Waals surface area (Å²) in [6.07, 6.45) is 1.24. The molecule has 3 N–H and O–H groups in total. The molecule has 4 nitrogen and oxygen atoms in total. The summed E-state index contributed by atoms with van der Waals surface area (Å²) in [4.78, 5) is 0. The van der Waals surface area contributed by atoms with Crippen molar-refractivity contribution < 1.29 is 8.42 Å². The molecule has 5 heteroatoms. The van der Waals surface area contributed by atoms with Crippen molar-refractivity contribution in [2.24, 2.45) is 5.84 Å². The molecule has 0 radical (unpaired) electrons. The topological polar surface area (TPSA) is 72.2 Å². The minimum atomic E-state index is -3.23. The van der Waals surface area contributed by atoms with Crippen LogP contribution in [0.1, 0.15) is 36.6 Å². The van der Waals surface area contributed by atoms with Gasteiger partial charge >= 0.3 is 0 Å². The molecule has 0 saturated carbocycles. The lowest BCUT2D eigenvalue weighted by molar-refractivity contribution is 0.426. The molecule has 18 heavy (non-hydrogen) atoms. The Labute approximate surface area is 109 Å². The molecule has 0 fully saturated rings. The monoisotopic (exact) mass is 270 g/mol. The number of aryl methyl sites for hydroxylation is 2. The minimum Gasteiger partial charge on any atom is -0.271 e. The van der Waals surface area contributed by atoms with Gasteiger partial charge in [0.2, 0.25) is 0 Å². The number of hydrogen-bond donors (Lipinski definition) is 2. The second-order valence-electron chi connectivity index (χ2n) is 5.34. The number of hydrazine groups is 1. The van der Waals surface area contributed by atoms with Crippen molar-refractivity contribution in [1.29, 1.82) is 0 Å². The zero-order valence-corrected chi connectivity index (χ0v) is 12.4. The summed E-state index contributed by atoms with van der Waals surface area (Å²) in [5.74, 6) is 5.58. The largest absolute Gasteiger partial charge is 0.271 e. The number of hydrogen-bond acceptors (Lipinski definition) is 4. The van der Waals surface area contributed by atoms with Crippen molar-refractivity contribution in [3.8, 4) is 0 Å². The third-order valence-electron chi connectivity index (χ3n) is 3.55. The lowest BCUT2D eigenvalue weighted by atomic mass is 9.91. The normalized spacial score (nSPS) is 14.6. The fourth-order valence-corrected chi connectivity index (χ4v) is 2.65. The van der Waals surface area contributed by atoms with Crippen LogP contribution in [0.15, 0.2) is 18.2 Å². The number of rotatable bonds is 4. The number of nitrogens with one attached hydrogen (secondary N) is 1. The average molecular weight is 270 g/mol. The number of nitrogens with two attached hydrogens (primary N) is 1. The second kappa shape index (κ2) is 4.99. The summed E-state index contributed by atoms with van der Waals surface area (Å²) in [5, 5.41) is 0. The van der Waals surface area contributed by atoms with E-state index in [1.54, 1.807) is 13.8 Å². The molecule has 1 unspecified atom stereocenters. The quantitative estimate of drug-likeness (QED) is 0.644. The minimum absolute atomic E-state index is 0.437. The molecule has 1 aromatic rings. The molecule has 0 aromatic heterocycles. The highest BCUT2D eigenvalue weighted by Crippen LogP contribution is 2.33. The van der Waals surface area contributed by atoms with Gasteiger partial charge in [-0.05, 0) is 38.8 Å². The van der Waals surface area contributed by atoms with E-state index in [4.69, 9.17) is 5.84 Å². The molecule has 0 spiro atoms. The van der Waals surface area contributed by atoms with E-state index in [-0.39, 0.29) is 0 Å². The summed E-state index contributed by atoms with van der Waals surface area (Å²) in [6.45, 7) is 7.34. The van der Waals surface area contributed by atoms with E-state index in [0.29, 0.717) is 0 Å². The van der Waals surface area contributed by atoms with Crippen LogP contribution in [0.3, 0.4) is 0 Å². The van der Waals surface area contributed by atoms with Gasteiger partial charge in [0, 0.05) is 6.26 Å². The molecule has 102 valence electrons. The van der Waals surface area contributed by atoms with Gasteiger partial charge in [0.15, 0.2) is 9.84 Å². The van der Waals surface area contributed by atoms with Crippen LogP contribution < -0.4 is 11.3 Å². The molecule has 0 saturated heterocycles. The highest BCUT2D eigenvalue weighted by atomic mass is 32.2. The van der Waals surface area contributed by atoms with Crippen LogP contribution in [0, 0.1) is 13.8 Å². The van der Waals surface area contributed by atoms with E-state index in [9.17, 15) is 8.42 Å². The van der Waals surface area contributed by atoms with Gasteiger partial charge in [-0.25, -0.2) is 8.42 Å². The molecule has 1 aromatic carbocycles. The maximum atomic E-state index is 11.9. The van der Waals surface area contributed by atoms with Gasteiger partial charge in [0.25, 0.3) is 0 Å². The van der Waals surface area contributed by atoms with Gasteiger partial charge in [-0.2, -0.15) is 0 Å². The maximum absolute atomic E-state index is 11.9. The van der Waals surface area contributed by atoms with Gasteiger partial charge in [-0.3, -0.25) is 11.3 Å². The van der Waals surface area contributed by atoms with Crippen LogP contribution in [0.25, 0.3) is 0 Å². The van der Waals surface area contributed by atoms with Gasteiger partial charge in [0.05, 0.1) is 10.8 Å². The van der Waals surface area contributed by atoms with E-state index in [1.807, 2.05) is 32.0 Å². The van der Waals surface area contributed by atoms with Gasteiger partial charge in [-0.1, -0.05) is 23.8 Å². The first-order valence-corrected chi connectivity index (χ1v) is 7.73. The zero-order chi connectivity index (χ0) is 14.1. The highest BCUT2D eigenvalue weighted by molar-refractivity contribution is 7.92. The zero-order valence-electron chi connectivity index (χ0n) is 11.6. The Hall–Kier alpha value is -0.910. The number of benzene rings is 1. The first kappa shape index (κ1) is 15.1. The molecule has 0 amide bonds. The first-order chi connectivity index (χ1) is 8.11. The molecule has 1 atom stereocenters. The van der Waals surface area contributed by atoms with Crippen LogP contribution in [0.2, 0.25) is 0 Å². The fraction of sp³-hybridized carbons (Fsp3) is 0.538. The molecular weight excluding hydrogens is 248 g/mol. The first-order valence-electron chi connectivity index (χ1n) is 5.84. The molecular formula is C13H22N2O2S. The summed E-state index contributed by atoms with van der Waals surface area (Å²) in [5.41, 5.74) is 5.74. The van der Waals surface area contributed by atoms with Crippen molar-refractivity contribution in [3.63, 3.8) is 0 Å². The SMILES string of the molecule is Cc1ccc(C(NN)C(C)(C)S(C)(=O)=O)c(C)c1. The summed E-state index contributed by atoms with van der Waals surface area (Å²) in [6, 6.07) is 5.48. The lowest BCUT2D eigenvalue weighted by Crippen LogP contribution is -2.47. The Kier molecular flexibility index (Phi) is 4.20. The van der Waals surface area contributed by atoms with Crippen molar-refractivity contribution in [2.75, 3.05) is 6.26 Å². The van der Waals surface area contributed by atoms with Crippen molar-refractivity contribution in [1.82, 2.24) is 5.43 Å². The van der Waals surface area contributed by atoms with Crippen molar-refractivity contribution in [3.05, 3.63) is 34.9 Å². The third-order valence-corrected chi connectivity index (χ3v) is 5.70. The van der Waals surface area contributed by atoms with Crippen LogP contribution in [-0.4, -0.2) is 19.4 Å². The van der Waals surface area contributed by atoms with E-state index < -0.39 is 20.6 Å². The van der Waals surface area contributed by atoms with Crippen LogP contribution >= 0.6 is 0 Å². The average Bonchev–Trinajstić information content (AvgIpc) is 2.20. The predicted octanol–water partition coefficient (Wildman–Crippen LogP) is 1.63. The van der Waals surface area contributed by atoms with Crippen LogP contribution in [0.4, 0.5) is 0 Å². The van der Waals surface area contributed by atoms with Crippen LogP contribution in [-0.2, 0) is 9.84 Å². The van der Waals surface area contributed by atoms with Crippen molar-refractivity contribution >= 4 is 9.84 Å². The summed E-state index contributed by atoms with van der Waals surface area (Å²) >= 11 is 0. The third kappa shape index (κ3) is 2.74. The molecule has 0 aliphatic rings. The predicted molar refractivity (Wildman–Crippen MR) is 74.9 cm³/mol. The molecule has 0 aliphatic carbocycles. The molecule has 0 bridgehead atoms. The smallest absolute Gasteiger partial charge is 0.154 e. The van der Waals surface area contributed by atoms with Crippen molar-refractivity contribution in [2.45, 2.75) is 38.5 Å². The van der Waals surface area contributed by atoms with E-state index in [2.05, 4.69) is 5.43 Å². The van der Waals surface area contributed by atoms with Gasteiger partial charge in [0.1, 0.15) is 0 Å². The van der Waals surface area contributed by atoms with Gasteiger partial charge < -0.3 is 0 Å². The van der Waals surface area contributed by atoms with E-state index in [1.165, 1.54) is 6.26 Å². The standard InChI is InChI=1S/C13H22N2O2S/c1-9-6-7-11(10(2)8-9)12(15-14)13(3,4)18(5,16)17/h6-8,12,15H,14H2,1-5H3. The highest BCUT2D eigenvalue weighted by Gasteiger charge is 2.39. The Bertz CT molecular complexity index is 536. The maximum Gasteiger partial charge on any atom is 0.154 e. The number of sulfone groups is 1. The Balaban J connectivity index is 3.35. The Morgan fingerprint density at radius 1 is 1.28 bits per heavy atom. The van der Waals surface area contributed by atoms with E-state index >= 15 is 0 Å². The lowest BCUT2D eigenvalue weighted by Gasteiger charge is -2.33. The van der Waals surface area contributed by atoms with E-state index in [0.717, 1.165) is 16.7 Å². The summed E-state index contributed by atoms with van der Waals surface area (Å²) in [7, 11) is -3.23. The van der Waals surface area contributed by atoms with Crippen LogP contribution in [0.5, 0.6) is 0 Å². The molecule has 0 aliphatic heterocycles. The Morgan fingerprint density at radius 3 is 2.22 bits per heavy atom. The second-order valence-corrected chi connectivity index (χ2v) is 7.93. The molecule has 1 rings (SSSR count). The molecule has 0 heterocycles. The summed E-state index contributed by atoms with van der Waals surface area (Å²) < 4.78 is 22.8. The fourth-order valence-electron chi connectivity index (χ4n) is 2.03. The Morgan fingerprint density at radius 2 is 1.83 bits per heavy atom. The van der Waals surface area contributed by atoms with Gasteiger partial charge in [-0.15, -0.1) is 0 Å².